The number of imide groups is 1. The maximum Gasteiger partial charge on any atom is 0.325 e. The topological polar surface area (TPSA) is 87.5 Å². The van der Waals surface area contributed by atoms with E-state index in [0.717, 1.165) is 49.0 Å². The van der Waals surface area contributed by atoms with E-state index < -0.39 is 5.54 Å². The van der Waals surface area contributed by atoms with Crippen molar-refractivity contribution in [1.82, 2.24) is 20.5 Å². The largest absolute Gasteiger partial charge is 0.445 e. The van der Waals surface area contributed by atoms with Crippen LogP contribution in [0, 0.1) is 6.92 Å². The fourth-order valence-electron chi connectivity index (χ4n) is 4.18. The van der Waals surface area contributed by atoms with E-state index >= 15 is 0 Å². The Labute approximate surface area is 164 Å². The Morgan fingerprint density at radius 2 is 1.89 bits per heavy atom. The summed E-state index contributed by atoms with van der Waals surface area (Å²) in [5, 5.41) is 6.32. The molecule has 1 saturated carbocycles. The summed E-state index contributed by atoms with van der Waals surface area (Å²) < 4.78 is 5.47. The summed E-state index contributed by atoms with van der Waals surface area (Å²) in [4.78, 5) is 31.0. The van der Waals surface area contributed by atoms with Crippen LogP contribution >= 0.6 is 0 Å². The highest BCUT2D eigenvalue weighted by Crippen LogP contribution is 2.34. The van der Waals surface area contributed by atoms with Crippen LogP contribution < -0.4 is 10.6 Å². The molecule has 1 aromatic heterocycles. The van der Waals surface area contributed by atoms with Crippen LogP contribution in [0.4, 0.5) is 4.79 Å². The molecule has 3 amide bonds. The quantitative estimate of drug-likeness (QED) is 0.750. The van der Waals surface area contributed by atoms with Gasteiger partial charge in [-0.3, -0.25) is 9.69 Å². The fourth-order valence-corrected chi connectivity index (χ4v) is 4.18. The molecule has 0 atom stereocenters. The van der Waals surface area contributed by atoms with Crippen LogP contribution in [0.5, 0.6) is 0 Å². The van der Waals surface area contributed by atoms with Gasteiger partial charge in [-0.15, -0.1) is 0 Å². The number of aromatic nitrogens is 1. The number of nitrogens with zero attached hydrogens (tertiary/aromatic N) is 2. The first-order valence-electron chi connectivity index (χ1n) is 9.90. The van der Waals surface area contributed by atoms with Gasteiger partial charge in [0.2, 0.25) is 0 Å². The number of amides is 3. The van der Waals surface area contributed by atoms with E-state index in [0.29, 0.717) is 25.5 Å². The van der Waals surface area contributed by atoms with E-state index in [-0.39, 0.29) is 11.9 Å². The van der Waals surface area contributed by atoms with Gasteiger partial charge in [-0.1, -0.05) is 43.5 Å². The van der Waals surface area contributed by atoms with Crippen molar-refractivity contribution >= 4 is 11.9 Å². The van der Waals surface area contributed by atoms with Gasteiger partial charge in [0.15, 0.2) is 5.89 Å². The van der Waals surface area contributed by atoms with Crippen molar-refractivity contribution in [2.24, 2.45) is 0 Å². The van der Waals surface area contributed by atoms with Gasteiger partial charge in [0, 0.05) is 13.5 Å². The lowest BCUT2D eigenvalue weighted by Crippen LogP contribution is -2.48. The van der Waals surface area contributed by atoms with Crippen molar-refractivity contribution in [1.29, 1.82) is 0 Å². The van der Waals surface area contributed by atoms with E-state index in [1.165, 1.54) is 4.90 Å². The van der Waals surface area contributed by atoms with E-state index in [1.54, 1.807) is 6.20 Å². The first-order valence-corrected chi connectivity index (χ1v) is 9.90. The van der Waals surface area contributed by atoms with Crippen LogP contribution in [0.15, 0.2) is 34.9 Å². The predicted octanol–water partition coefficient (Wildman–Crippen LogP) is 3.03. The lowest BCUT2D eigenvalue weighted by Gasteiger charge is -2.30. The standard InChI is InChI=1S/C21H26N4O3/c1-15-23-13-18(28-15)12-22-11-16-7-3-4-8-17(16)14-25-19(26)21(24-20(25)27)9-5-2-6-10-21/h3-4,7-8,13,22H,2,5-6,9-12,14H2,1H3,(H,24,27). The van der Waals surface area contributed by atoms with Crippen molar-refractivity contribution in [3.63, 3.8) is 0 Å². The van der Waals surface area contributed by atoms with Crippen molar-refractivity contribution < 1.29 is 14.0 Å². The van der Waals surface area contributed by atoms with Gasteiger partial charge in [-0.25, -0.2) is 9.78 Å². The van der Waals surface area contributed by atoms with Gasteiger partial charge in [0.25, 0.3) is 5.91 Å². The Morgan fingerprint density at radius 1 is 1.14 bits per heavy atom. The number of benzene rings is 1. The summed E-state index contributed by atoms with van der Waals surface area (Å²) >= 11 is 0. The van der Waals surface area contributed by atoms with E-state index in [9.17, 15) is 9.59 Å². The number of hydrogen-bond donors (Lipinski definition) is 2. The van der Waals surface area contributed by atoms with E-state index in [2.05, 4.69) is 15.6 Å². The molecular weight excluding hydrogens is 356 g/mol. The van der Waals surface area contributed by atoms with E-state index in [4.69, 9.17) is 4.42 Å². The monoisotopic (exact) mass is 382 g/mol. The number of rotatable bonds is 6. The number of aryl methyl sites for hydroxylation is 1. The average molecular weight is 382 g/mol. The molecule has 7 nitrogen and oxygen atoms in total. The number of nitrogens with one attached hydrogen (secondary N) is 2. The normalized spacial score (nSPS) is 18.7. The predicted molar refractivity (Wildman–Crippen MR) is 103 cm³/mol. The molecular formula is C21H26N4O3. The third-order valence-corrected chi connectivity index (χ3v) is 5.68. The molecule has 1 aliphatic heterocycles. The zero-order valence-electron chi connectivity index (χ0n) is 16.2. The van der Waals surface area contributed by atoms with Crippen molar-refractivity contribution in [3.8, 4) is 0 Å². The summed E-state index contributed by atoms with van der Waals surface area (Å²) in [7, 11) is 0. The SMILES string of the molecule is Cc1ncc(CNCc2ccccc2CN2C(=O)NC3(CCCCC3)C2=O)o1. The van der Waals surface area contributed by atoms with Gasteiger partial charge in [0.05, 0.1) is 19.3 Å². The number of carbonyl (C=O) groups is 2. The first kappa shape index (κ1) is 18.7. The number of urea groups is 1. The number of carbonyl (C=O) groups excluding carboxylic acids is 2. The molecule has 2 aliphatic rings. The van der Waals surface area contributed by atoms with Gasteiger partial charge in [-0.2, -0.15) is 0 Å². The second-order valence-electron chi connectivity index (χ2n) is 7.68. The van der Waals surface area contributed by atoms with Crippen molar-refractivity contribution in [3.05, 3.63) is 53.2 Å². The first-order chi connectivity index (χ1) is 13.6. The van der Waals surface area contributed by atoms with Crippen molar-refractivity contribution in [2.45, 2.75) is 64.2 Å². The maximum absolute atomic E-state index is 13.0. The molecule has 4 rings (SSSR count). The summed E-state index contributed by atoms with van der Waals surface area (Å²) in [5.41, 5.74) is 1.36. The third-order valence-electron chi connectivity index (χ3n) is 5.68. The molecule has 2 aromatic rings. The van der Waals surface area contributed by atoms with Crippen molar-refractivity contribution in [2.75, 3.05) is 0 Å². The summed E-state index contributed by atoms with van der Waals surface area (Å²) in [6.07, 6.45) is 6.31. The minimum atomic E-state index is -0.674. The molecule has 1 aliphatic carbocycles. The highest BCUT2D eigenvalue weighted by Gasteiger charge is 2.51. The molecule has 0 unspecified atom stereocenters. The Morgan fingerprint density at radius 3 is 2.61 bits per heavy atom. The zero-order valence-corrected chi connectivity index (χ0v) is 16.2. The highest BCUT2D eigenvalue weighted by molar-refractivity contribution is 6.07. The smallest absolute Gasteiger partial charge is 0.325 e. The Balaban J connectivity index is 1.43. The Bertz CT molecular complexity index is 870. The van der Waals surface area contributed by atoms with Gasteiger partial charge in [0.1, 0.15) is 11.3 Å². The lowest BCUT2D eigenvalue weighted by molar-refractivity contribution is -0.132. The van der Waals surface area contributed by atoms with Gasteiger partial charge >= 0.3 is 6.03 Å². The van der Waals surface area contributed by atoms with Gasteiger partial charge < -0.3 is 15.1 Å². The molecule has 2 fully saturated rings. The molecule has 148 valence electrons. The molecule has 28 heavy (non-hydrogen) atoms. The summed E-state index contributed by atoms with van der Waals surface area (Å²) in [6, 6.07) is 7.62. The van der Waals surface area contributed by atoms with Crippen LogP contribution in [0.1, 0.15) is 54.9 Å². The molecule has 1 saturated heterocycles. The molecule has 0 bridgehead atoms. The lowest BCUT2D eigenvalue weighted by atomic mass is 9.81. The Hall–Kier alpha value is -2.67. The zero-order chi connectivity index (χ0) is 19.6. The van der Waals surface area contributed by atoms with Crippen LogP contribution in [0.2, 0.25) is 0 Å². The maximum atomic E-state index is 13.0. The molecule has 7 heteroatoms. The molecule has 1 aromatic carbocycles. The summed E-state index contributed by atoms with van der Waals surface area (Å²) in [5.74, 6) is 1.35. The highest BCUT2D eigenvalue weighted by atomic mass is 16.4. The van der Waals surface area contributed by atoms with Gasteiger partial charge in [-0.05, 0) is 24.0 Å². The minimum absolute atomic E-state index is 0.0721. The molecule has 1 spiro atoms. The Kier molecular flexibility index (Phi) is 5.17. The third kappa shape index (κ3) is 3.67. The average Bonchev–Trinajstić information content (AvgIpc) is 3.20. The van der Waals surface area contributed by atoms with Crippen LogP contribution in [-0.2, 0) is 24.4 Å². The van der Waals surface area contributed by atoms with Crippen LogP contribution in [-0.4, -0.2) is 27.4 Å². The second-order valence-corrected chi connectivity index (χ2v) is 7.68. The molecule has 0 radical (unpaired) electrons. The fraction of sp³-hybridized carbons (Fsp3) is 0.476. The van der Waals surface area contributed by atoms with E-state index in [1.807, 2.05) is 31.2 Å². The minimum Gasteiger partial charge on any atom is -0.445 e. The molecule has 2 N–H and O–H groups in total. The van der Waals surface area contributed by atoms with Crippen LogP contribution in [0.25, 0.3) is 0 Å². The summed E-state index contributed by atoms with van der Waals surface area (Å²) in [6.45, 7) is 3.30. The number of oxazole rings is 1. The second kappa shape index (κ2) is 7.75. The number of hydrogen-bond acceptors (Lipinski definition) is 5. The van der Waals surface area contributed by atoms with Crippen LogP contribution in [0.3, 0.4) is 0 Å². The molecule has 2 heterocycles.